The van der Waals surface area contributed by atoms with Crippen LogP contribution in [0.5, 0.6) is 5.88 Å². The van der Waals surface area contributed by atoms with Gasteiger partial charge < -0.3 is 18.9 Å². The smallest absolute Gasteiger partial charge is 0.225 e. The highest BCUT2D eigenvalue weighted by Gasteiger charge is 2.34. The number of hydrogen-bond acceptors (Lipinski definition) is 6. The van der Waals surface area contributed by atoms with E-state index in [4.69, 9.17) is 14.5 Å². The van der Waals surface area contributed by atoms with E-state index in [1.54, 1.807) is 0 Å². The Bertz CT molecular complexity index is 1000. The highest BCUT2D eigenvalue weighted by molar-refractivity contribution is 5.85. The van der Waals surface area contributed by atoms with Gasteiger partial charge in [-0.15, -0.1) is 0 Å². The highest BCUT2D eigenvalue weighted by Crippen LogP contribution is 2.35. The van der Waals surface area contributed by atoms with Crippen molar-refractivity contribution in [1.82, 2.24) is 19.5 Å². The first-order chi connectivity index (χ1) is 14.8. The topological polar surface area (TPSA) is 65.3 Å². The maximum Gasteiger partial charge on any atom is 0.225 e. The van der Waals surface area contributed by atoms with Crippen LogP contribution >= 0.6 is 0 Å². The third-order valence-corrected chi connectivity index (χ3v) is 6.79. The Morgan fingerprint density at radius 3 is 2.60 bits per heavy atom. The number of nitrogens with zero attached hydrogens (tertiary/aromatic N) is 5. The number of imidazole rings is 1. The van der Waals surface area contributed by atoms with E-state index in [1.807, 2.05) is 24.8 Å². The number of pyridine rings is 2. The van der Waals surface area contributed by atoms with Crippen molar-refractivity contribution < 1.29 is 9.47 Å². The Kier molecular flexibility index (Phi) is 4.56. The Balaban J connectivity index is 1.24. The summed E-state index contributed by atoms with van der Waals surface area (Å²) in [6, 6.07) is 6.65. The molecule has 5 heterocycles. The summed E-state index contributed by atoms with van der Waals surface area (Å²) in [5.41, 5.74) is 0.948. The van der Waals surface area contributed by atoms with Gasteiger partial charge >= 0.3 is 0 Å². The zero-order chi connectivity index (χ0) is 19.9. The van der Waals surface area contributed by atoms with Gasteiger partial charge in [-0.3, -0.25) is 4.98 Å². The molecule has 7 heteroatoms. The monoisotopic (exact) mass is 405 g/mol. The van der Waals surface area contributed by atoms with E-state index in [2.05, 4.69) is 37.8 Å². The number of rotatable bonds is 4. The fourth-order valence-corrected chi connectivity index (χ4v) is 5.19. The number of ether oxygens (including phenoxy) is 2. The lowest BCUT2D eigenvalue weighted by Crippen LogP contribution is -2.43. The summed E-state index contributed by atoms with van der Waals surface area (Å²) < 4.78 is 14.7. The van der Waals surface area contributed by atoms with Gasteiger partial charge in [0.05, 0.1) is 29.4 Å². The minimum Gasteiger partial charge on any atom is -0.474 e. The molecule has 2 bridgehead atoms. The molecule has 0 spiro atoms. The van der Waals surface area contributed by atoms with Crippen molar-refractivity contribution in [2.45, 2.75) is 62.9 Å². The largest absolute Gasteiger partial charge is 0.474 e. The summed E-state index contributed by atoms with van der Waals surface area (Å²) >= 11 is 0. The molecule has 0 N–H and O–H groups in total. The first kappa shape index (κ1) is 18.1. The summed E-state index contributed by atoms with van der Waals surface area (Å²) in [5, 5.41) is 0.995. The van der Waals surface area contributed by atoms with Crippen LogP contribution in [0, 0.1) is 0 Å². The molecule has 2 aliphatic heterocycles. The normalized spacial score (nSPS) is 28.7. The van der Waals surface area contributed by atoms with E-state index in [0.717, 1.165) is 74.2 Å². The van der Waals surface area contributed by atoms with Crippen molar-refractivity contribution in [3.8, 4) is 5.88 Å². The minimum atomic E-state index is 0.191. The fourth-order valence-electron chi connectivity index (χ4n) is 5.19. The summed E-state index contributed by atoms with van der Waals surface area (Å²) in [7, 11) is 0. The van der Waals surface area contributed by atoms with Gasteiger partial charge in [-0.05, 0) is 50.7 Å². The first-order valence-electron chi connectivity index (χ1n) is 11.1. The number of anilines is 1. The lowest BCUT2D eigenvalue weighted by Gasteiger charge is -2.33. The van der Waals surface area contributed by atoms with Crippen LogP contribution in [0.25, 0.3) is 10.9 Å². The molecule has 156 valence electrons. The minimum absolute atomic E-state index is 0.191. The fraction of sp³-hybridized carbons (Fsp3) is 0.522. The van der Waals surface area contributed by atoms with Crippen LogP contribution in [-0.2, 0) is 4.74 Å². The molecular weight excluding hydrogens is 378 g/mol. The summed E-state index contributed by atoms with van der Waals surface area (Å²) in [4.78, 5) is 16.1. The van der Waals surface area contributed by atoms with Crippen molar-refractivity contribution in [3.05, 3.63) is 43.1 Å². The Hall–Kier alpha value is -2.67. The average molecular weight is 406 g/mol. The molecule has 1 aliphatic carbocycles. The molecule has 1 saturated carbocycles. The lowest BCUT2D eigenvalue weighted by molar-refractivity contribution is 0.0301. The predicted molar refractivity (Wildman–Crippen MR) is 114 cm³/mol. The maximum atomic E-state index is 6.50. The quantitative estimate of drug-likeness (QED) is 0.659. The second kappa shape index (κ2) is 7.54. The Morgan fingerprint density at radius 1 is 1.00 bits per heavy atom. The van der Waals surface area contributed by atoms with Gasteiger partial charge in [0.25, 0.3) is 0 Å². The van der Waals surface area contributed by atoms with Crippen LogP contribution in [0.1, 0.15) is 44.6 Å². The van der Waals surface area contributed by atoms with Crippen molar-refractivity contribution in [3.63, 3.8) is 0 Å². The van der Waals surface area contributed by atoms with Crippen LogP contribution in [0.3, 0.4) is 0 Å². The molecule has 6 rings (SSSR count). The van der Waals surface area contributed by atoms with E-state index in [9.17, 15) is 0 Å². The molecule has 3 aliphatic rings. The lowest BCUT2D eigenvalue weighted by atomic mass is 9.93. The summed E-state index contributed by atoms with van der Waals surface area (Å²) in [6.07, 6.45) is 15.1. The van der Waals surface area contributed by atoms with Gasteiger partial charge in [-0.1, -0.05) is 0 Å². The molecule has 2 saturated heterocycles. The molecule has 3 aromatic heterocycles. The number of aromatic nitrogens is 4. The standard InChI is InChI=1S/C23H27N5O2/c1-2-20-21(25-9-1)12-22(28-13-18-7-8-19(14-28)29-18)26-23(20)30-17-5-3-16(4-6-17)27-11-10-24-15-27/h1-2,9-12,15-19H,3-8,13-14H2/t16-,17+,18?,19?. The number of fused-ring (bicyclic) bond motifs is 3. The van der Waals surface area contributed by atoms with Crippen molar-refractivity contribution in [2.24, 2.45) is 0 Å². The Labute approximate surface area is 176 Å². The predicted octanol–water partition coefficient (Wildman–Crippen LogP) is 3.76. The molecule has 3 aromatic rings. The maximum absolute atomic E-state index is 6.50. The third kappa shape index (κ3) is 3.41. The molecule has 0 radical (unpaired) electrons. The van der Waals surface area contributed by atoms with Gasteiger partial charge in [0.2, 0.25) is 5.88 Å². The zero-order valence-electron chi connectivity index (χ0n) is 17.1. The van der Waals surface area contributed by atoms with E-state index in [1.165, 1.54) is 0 Å². The molecule has 0 aromatic carbocycles. The third-order valence-electron chi connectivity index (χ3n) is 6.79. The van der Waals surface area contributed by atoms with E-state index < -0.39 is 0 Å². The molecule has 30 heavy (non-hydrogen) atoms. The van der Waals surface area contributed by atoms with Crippen molar-refractivity contribution >= 4 is 16.7 Å². The van der Waals surface area contributed by atoms with Crippen LogP contribution in [0.4, 0.5) is 5.82 Å². The van der Waals surface area contributed by atoms with Gasteiger partial charge in [-0.2, -0.15) is 4.98 Å². The van der Waals surface area contributed by atoms with Gasteiger partial charge in [0.1, 0.15) is 11.9 Å². The molecular formula is C23H27N5O2. The average Bonchev–Trinajstić information content (AvgIpc) is 3.44. The van der Waals surface area contributed by atoms with E-state index in [-0.39, 0.29) is 6.10 Å². The first-order valence-corrected chi connectivity index (χ1v) is 11.1. The molecule has 3 fully saturated rings. The highest BCUT2D eigenvalue weighted by atomic mass is 16.5. The summed E-state index contributed by atoms with van der Waals surface area (Å²) in [6.45, 7) is 1.80. The van der Waals surface area contributed by atoms with Gasteiger partial charge in [0.15, 0.2) is 0 Å². The Morgan fingerprint density at radius 2 is 1.83 bits per heavy atom. The van der Waals surface area contributed by atoms with Crippen LogP contribution in [0.2, 0.25) is 0 Å². The summed E-state index contributed by atoms with van der Waals surface area (Å²) in [5.74, 6) is 1.68. The number of hydrogen-bond donors (Lipinski definition) is 0. The molecule has 0 amide bonds. The molecule has 2 unspecified atom stereocenters. The van der Waals surface area contributed by atoms with Crippen molar-refractivity contribution in [2.75, 3.05) is 18.0 Å². The van der Waals surface area contributed by atoms with Crippen LogP contribution in [-0.4, -0.2) is 50.9 Å². The van der Waals surface area contributed by atoms with Gasteiger partial charge in [0, 0.05) is 43.8 Å². The second-order valence-corrected chi connectivity index (χ2v) is 8.78. The molecule has 7 nitrogen and oxygen atoms in total. The molecule has 2 atom stereocenters. The SMILES string of the molecule is c1cnc2cc(N3CC4CCC(C3)O4)nc(O[C@H]3CC[C@@H](n4ccnc4)CC3)c2c1. The number of morpholine rings is 1. The van der Waals surface area contributed by atoms with E-state index >= 15 is 0 Å². The van der Waals surface area contributed by atoms with Crippen molar-refractivity contribution in [1.29, 1.82) is 0 Å². The van der Waals surface area contributed by atoms with Crippen LogP contribution < -0.4 is 9.64 Å². The van der Waals surface area contributed by atoms with E-state index in [0.29, 0.717) is 18.2 Å². The van der Waals surface area contributed by atoms with Crippen LogP contribution in [0.15, 0.2) is 43.1 Å². The zero-order valence-corrected chi connectivity index (χ0v) is 17.1. The second-order valence-electron chi connectivity index (χ2n) is 8.78. The van der Waals surface area contributed by atoms with Gasteiger partial charge in [-0.25, -0.2) is 4.98 Å².